The number of carbonyl (C=O) groups is 1. The molecule has 0 aromatic carbocycles. The monoisotopic (exact) mass is 282 g/mol. The van der Waals surface area contributed by atoms with E-state index in [0.717, 1.165) is 15.9 Å². The summed E-state index contributed by atoms with van der Waals surface area (Å²) in [6, 6.07) is 3.89. The van der Waals surface area contributed by atoms with Crippen LogP contribution in [0.15, 0.2) is 34.7 Å². The Labute approximate surface area is 102 Å². The van der Waals surface area contributed by atoms with E-state index in [1.807, 2.05) is 24.1 Å². The average Bonchev–Trinajstić information content (AvgIpc) is 2.68. The van der Waals surface area contributed by atoms with Gasteiger partial charge in [0.1, 0.15) is 11.2 Å². The highest BCUT2D eigenvalue weighted by atomic mass is 79.9. The highest BCUT2D eigenvalue weighted by Gasteiger charge is 2.16. The van der Waals surface area contributed by atoms with Crippen molar-refractivity contribution in [3.8, 4) is 0 Å². The van der Waals surface area contributed by atoms with Gasteiger partial charge in [0.05, 0.1) is 5.70 Å². The first-order valence-electron chi connectivity index (χ1n) is 4.84. The molecule has 0 unspecified atom stereocenters. The first-order chi connectivity index (χ1) is 7.65. The van der Waals surface area contributed by atoms with E-state index < -0.39 is 0 Å². The molecule has 0 saturated heterocycles. The van der Waals surface area contributed by atoms with Crippen LogP contribution in [0.2, 0.25) is 0 Å². The fourth-order valence-electron chi connectivity index (χ4n) is 1.46. The topological polar surface area (TPSA) is 42.4 Å². The molecule has 5 heteroatoms. The number of nitrogens with zero attached hydrogens (tertiary/aromatic N) is 2. The van der Waals surface area contributed by atoms with Gasteiger partial charge in [-0.3, -0.25) is 0 Å². The van der Waals surface area contributed by atoms with Gasteiger partial charge in [0.2, 0.25) is 0 Å². The molecule has 1 aliphatic rings. The number of halogens is 1. The van der Waals surface area contributed by atoms with Gasteiger partial charge in [0.15, 0.2) is 0 Å². The predicted octanol–water partition coefficient (Wildman–Crippen LogP) is 1.72. The molecule has 1 aliphatic heterocycles. The summed E-state index contributed by atoms with van der Waals surface area (Å²) in [7, 11) is 1.93. The zero-order valence-corrected chi connectivity index (χ0v) is 10.4. The number of pyridine rings is 1. The SMILES string of the molecule is CN(Cc1ccc(Br)nc1)C1=CC(=O)OC1. The maximum atomic E-state index is 10.9. The molecule has 1 aromatic rings. The maximum absolute atomic E-state index is 10.9. The van der Waals surface area contributed by atoms with Crippen molar-refractivity contribution in [3.05, 3.63) is 40.3 Å². The van der Waals surface area contributed by atoms with Gasteiger partial charge in [-0.2, -0.15) is 0 Å². The van der Waals surface area contributed by atoms with Crippen LogP contribution in [0.5, 0.6) is 0 Å². The van der Waals surface area contributed by atoms with Gasteiger partial charge in [0, 0.05) is 25.9 Å². The number of esters is 1. The molecule has 0 radical (unpaired) electrons. The van der Waals surface area contributed by atoms with Crippen LogP contribution in [-0.2, 0) is 16.1 Å². The third-order valence-corrected chi connectivity index (χ3v) is 2.81. The molecule has 2 heterocycles. The fourth-order valence-corrected chi connectivity index (χ4v) is 1.69. The van der Waals surface area contributed by atoms with E-state index in [1.54, 1.807) is 6.20 Å². The molecule has 0 atom stereocenters. The van der Waals surface area contributed by atoms with E-state index in [1.165, 1.54) is 6.08 Å². The van der Waals surface area contributed by atoms with Crippen molar-refractivity contribution in [2.24, 2.45) is 0 Å². The van der Waals surface area contributed by atoms with Crippen molar-refractivity contribution in [1.82, 2.24) is 9.88 Å². The number of likely N-dealkylation sites (N-methyl/N-ethyl adjacent to an activating group) is 1. The van der Waals surface area contributed by atoms with E-state index in [2.05, 4.69) is 20.9 Å². The molecular formula is C11H11BrN2O2. The van der Waals surface area contributed by atoms with Crippen molar-refractivity contribution in [2.45, 2.75) is 6.54 Å². The Hall–Kier alpha value is -1.36. The minimum absolute atomic E-state index is 0.268. The summed E-state index contributed by atoms with van der Waals surface area (Å²) < 4.78 is 5.66. The molecule has 0 amide bonds. The van der Waals surface area contributed by atoms with E-state index in [-0.39, 0.29) is 5.97 Å². The predicted molar refractivity (Wildman–Crippen MR) is 62.4 cm³/mol. The largest absolute Gasteiger partial charge is 0.456 e. The summed E-state index contributed by atoms with van der Waals surface area (Å²) in [5, 5.41) is 0. The molecule has 16 heavy (non-hydrogen) atoms. The lowest BCUT2D eigenvalue weighted by atomic mass is 10.2. The van der Waals surface area contributed by atoms with Crippen LogP contribution in [-0.4, -0.2) is 29.5 Å². The number of carbonyl (C=O) groups excluding carboxylic acids is 1. The molecule has 0 aliphatic carbocycles. The number of rotatable bonds is 3. The van der Waals surface area contributed by atoms with Crippen LogP contribution in [0, 0.1) is 0 Å². The quantitative estimate of drug-likeness (QED) is 0.625. The second-order valence-electron chi connectivity index (χ2n) is 3.59. The normalized spacial score (nSPS) is 14.6. The third kappa shape index (κ3) is 2.61. The summed E-state index contributed by atoms with van der Waals surface area (Å²) in [5.41, 5.74) is 1.99. The fraction of sp³-hybridized carbons (Fsp3) is 0.273. The molecule has 84 valence electrons. The second kappa shape index (κ2) is 4.65. The van der Waals surface area contributed by atoms with Crippen LogP contribution in [0.4, 0.5) is 0 Å². The smallest absolute Gasteiger partial charge is 0.333 e. The summed E-state index contributed by atoms with van der Waals surface area (Å²) in [4.78, 5) is 17.0. The lowest BCUT2D eigenvalue weighted by molar-refractivity contribution is -0.135. The summed E-state index contributed by atoms with van der Waals surface area (Å²) in [6.45, 7) is 1.07. The highest BCUT2D eigenvalue weighted by molar-refractivity contribution is 9.10. The van der Waals surface area contributed by atoms with Gasteiger partial charge in [-0.25, -0.2) is 9.78 Å². The summed E-state index contributed by atoms with van der Waals surface area (Å²) in [5.74, 6) is -0.268. The lowest BCUT2D eigenvalue weighted by Crippen LogP contribution is -2.18. The van der Waals surface area contributed by atoms with Crippen LogP contribution in [0.3, 0.4) is 0 Å². The first kappa shape index (κ1) is 11.1. The first-order valence-corrected chi connectivity index (χ1v) is 5.63. The molecule has 2 rings (SSSR count). The maximum Gasteiger partial charge on any atom is 0.333 e. The standard InChI is InChI=1S/C11H11BrN2O2/c1-14(9-4-11(15)16-7-9)6-8-2-3-10(12)13-5-8/h2-5H,6-7H2,1H3. The molecule has 4 nitrogen and oxygen atoms in total. The Morgan fingerprint density at radius 3 is 2.94 bits per heavy atom. The van der Waals surface area contributed by atoms with Gasteiger partial charge < -0.3 is 9.64 Å². The minimum atomic E-state index is -0.268. The Balaban J connectivity index is 2.02. The van der Waals surface area contributed by atoms with Crippen molar-refractivity contribution in [1.29, 1.82) is 0 Å². The zero-order valence-electron chi connectivity index (χ0n) is 8.81. The van der Waals surface area contributed by atoms with Gasteiger partial charge in [-0.05, 0) is 27.6 Å². The van der Waals surface area contributed by atoms with E-state index in [0.29, 0.717) is 13.2 Å². The average molecular weight is 283 g/mol. The molecule has 0 spiro atoms. The van der Waals surface area contributed by atoms with Gasteiger partial charge in [-0.15, -0.1) is 0 Å². The summed E-state index contributed by atoms with van der Waals surface area (Å²) >= 11 is 3.29. The highest BCUT2D eigenvalue weighted by Crippen LogP contribution is 2.14. The number of aromatic nitrogens is 1. The Bertz CT molecular complexity index is 428. The molecule has 1 aromatic heterocycles. The zero-order chi connectivity index (χ0) is 11.5. The molecule has 0 N–H and O–H groups in total. The molecule has 0 bridgehead atoms. The van der Waals surface area contributed by atoms with Gasteiger partial charge in [0.25, 0.3) is 0 Å². The molecule has 0 saturated carbocycles. The van der Waals surface area contributed by atoms with Crippen molar-refractivity contribution in [3.63, 3.8) is 0 Å². The summed E-state index contributed by atoms with van der Waals surface area (Å²) in [6.07, 6.45) is 3.32. The van der Waals surface area contributed by atoms with E-state index in [9.17, 15) is 4.79 Å². The van der Waals surface area contributed by atoms with Crippen molar-refractivity contribution >= 4 is 21.9 Å². The number of hydrogen-bond donors (Lipinski definition) is 0. The second-order valence-corrected chi connectivity index (χ2v) is 4.40. The van der Waals surface area contributed by atoms with Crippen LogP contribution < -0.4 is 0 Å². The van der Waals surface area contributed by atoms with Crippen LogP contribution in [0.1, 0.15) is 5.56 Å². The van der Waals surface area contributed by atoms with Crippen LogP contribution in [0.25, 0.3) is 0 Å². The number of ether oxygens (including phenoxy) is 1. The van der Waals surface area contributed by atoms with Crippen molar-refractivity contribution in [2.75, 3.05) is 13.7 Å². The van der Waals surface area contributed by atoms with Gasteiger partial charge in [-0.1, -0.05) is 6.07 Å². The van der Waals surface area contributed by atoms with E-state index in [4.69, 9.17) is 4.74 Å². The third-order valence-electron chi connectivity index (χ3n) is 2.35. The lowest BCUT2D eigenvalue weighted by Gasteiger charge is -2.18. The number of hydrogen-bond acceptors (Lipinski definition) is 4. The van der Waals surface area contributed by atoms with Crippen LogP contribution >= 0.6 is 15.9 Å². The molecule has 0 fully saturated rings. The Morgan fingerprint density at radius 2 is 2.38 bits per heavy atom. The number of cyclic esters (lactones) is 1. The molecular weight excluding hydrogens is 272 g/mol. The Morgan fingerprint density at radius 1 is 1.56 bits per heavy atom. The van der Waals surface area contributed by atoms with Crippen molar-refractivity contribution < 1.29 is 9.53 Å². The minimum Gasteiger partial charge on any atom is -0.456 e. The Kier molecular flexibility index (Phi) is 3.24. The van der Waals surface area contributed by atoms with Gasteiger partial charge >= 0.3 is 5.97 Å². The van der Waals surface area contributed by atoms with E-state index >= 15 is 0 Å².